The van der Waals surface area contributed by atoms with Gasteiger partial charge in [0.05, 0.1) is 6.54 Å². The summed E-state index contributed by atoms with van der Waals surface area (Å²) in [6, 6.07) is 10.7. The average molecular weight is 341 g/mol. The number of carbonyl (C=O) groups is 1. The molecule has 3 rings (SSSR count). The molecule has 0 radical (unpaired) electrons. The van der Waals surface area contributed by atoms with E-state index in [1.807, 2.05) is 26.0 Å². The normalized spacial score (nSPS) is 10.6. The molecule has 8 nitrogen and oxygen atoms in total. The van der Waals surface area contributed by atoms with Gasteiger partial charge in [0.2, 0.25) is 0 Å². The average Bonchev–Trinajstić information content (AvgIpc) is 3.26. The quantitative estimate of drug-likeness (QED) is 0.707. The Morgan fingerprint density at radius 1 is 1.32 bits per heavy atom. The molecular weight excluding hydrogens is 322 g/mol. The molecule has 0 saturated heterocycles. The second-order valence-corrected chi connectivity index (χ2v) is 5.42. The molecule has 8 heteroatoms. The standard InChI is InChI=1S/C17H19N5O3/c1-3-22-16(19-20-21-22)11-24-14-6-4-5-13(9-14)17(23)18-10-15-8-7-12(2)25-15/h4-9H,3,10-11H2,1-2H3,(H,18,23). The Labute approximate surface area is 144 Å². The second-order valence-electron chi connectivity index (χ2n) is 5.42. The molecule has 0 aliphatic rings. The van der Waals surface area contributed by atoms with Crippen molar-refractivity contribution in [1.29, 1.82) is 0 Å². The van der Waals surface area contributed by atoms with E-state index >= 15 is 0 Å². The maximum absolute atomic E-state index is 12.3. The highest BCUT2D eigenvalue weighted by molar-refractivity contribution is 5.94. The summed E-state index contributed by atoms with van der Waals surface area (Å²) in [5, 5.41) is 14.2. The van der Waals surface area contributed by atoms with Crippen LogP contribution in [-0.4, -0.2) is 26.1 Å². The van der Waals surface area contributed by atoms with Gasteiger partial charge in [-0.25, -0.2) is 4.68 Å². The van der Waals surface area contributed by atoms with Gasteiger partial charge >= 0.3 is 0 Å². The van der Waals surface area contributed by atoms with Gasteiger partial charge in [-0.2, -0.15) is 0 Å². The number of aryl methyl sites for hydroxylation is 2. The molecule has 0 spiro atoms. The van der Waals surface area contributed by atoms with Gasteiger partial charge in [-0.1, -0.05) is 6.07 Å². The summed E-state index contributed by atoms with van der Waals surface area (Å²) in [5.74, 6) is 2.54. The van der Waals surface area contributed by atoms with Gasteiger partial charge in [-0.05, 0) is 54.6 Å². The fourth-order valence-corrected chi connectivity index (χ4v) is 2.30. The van der Waals surface area contributed by atoms with E-state index in [0.29, 0.717) is 36.0 Å². The van der Waals surface area contributed by atoms with Crippen molar-refractivity contribution in [3.63, 3.8) is 0 Å². The molecule has 0 saturated carbocycles. The number of benzene rings is 1. The summed E-state index contributed by atoms with van der Waals surface area (Å²) < 4.78 is 12.8. The second kappa shape index (κ2) is 7.61. The van der Waals surface area contributed by atoms with Crippen LogP contribution in [0.3, 0.4) is 0 Å². The van der Waals surface area contributed by atoms with Crippen LogP contribution in [0.4, 0.5) is 0 Å². The topological polar surface area (TPSA) is 95.1 Å². The molecule has 1 amide bonds. The van der Waals surface area contributed by atoms with Crippen LogP contribution in [0, 0.1) is 6.92 Å². The van der Waals surface area contributed by atoms with Crippen molar-refractivity contribution in [2.24, 2.45) is 0 Å². The monoisotopic (exact) mass is 341 g/mol. The lowest BCUT2D eigenvalue weighted by molar-refractivity contribution is 0.0947. The molecule has 130 valence electrons. The first-order chi connectivity index (χ1) is 12.2. The third kappa shape index (κ3) is 4.23. The maximum atomic E-state index is 12.3. The molecule has 1 N–H and O–H groups in total. The zero-order valence-corrected chi connectivity index (χ0v) is 14.1. The molecule has 0 bridgehead atoms. The van der Waals surface area contributed by atoms with Gasteiger partial charge in [0.1, 0.15) is 23.9 Å². The van der Waals surface area contributed by atoms with E-state index in [1.54, 1.807) is 28.9 Å². The van der Waals surface area contributed by atoms with Crippen molar-refractivity contribution in [3.8, 4) is 5.75 Å². The van der Waals surface area contributed by atoms with Crippen LogP contribution in [-0.2, 0) is 19.7 Å². The number of nitrogens with zero attached hydrogens (tertiary/aromatic N) is 4. The zero-order valence-electron chi connectivity index (χ0n) is 14.1. The summed E-state index contributed by atoms with van der Waals surface area (Å²) in [7, 11) is 0. The number of rotatable bonds is 7. The van der Waals surface area contributed by atoms with Crippen molar-refractivity contribution in [2.75, 3.05) is 0 Å². The van der Waals surface area contributed by atoms with Crippen molar-refractivity contribution in [3.05, 3.63) is 59.3 Å². The lowest BCUT2D eigenvalue weighted by atomic mass is 10.2. The van der Waals surface area contributed by atoms with Gasteiger partial charge in [-0.15, -0.1) is 5.10 Å². The Morgan fingerprint density at radius 3 is 2.96 bits per heavy atom. The molecule has 0 atom stereocenters. The summed E-state index contributed by atoms with van der Waals surface area (Å²) >= 11 is 0. The fraction of sp³-hybridized carbons (Fsp3) is 0.294. The highest BCUT2D eigenvalue weighted by Gasteiger charge is 2.09. The zero-order chi connectivity index (χ0) is 17.6. The van der Waals surface area contributed by atoms with Crippen molar-refractivity contribution in [2.45, 2.75) is 33.5 Å². The highest BCUT2D eigenvalue weighted by Crippen LogP contribution is 2.15. The number of carbonyl (C=O) groups excluding carboxylic acids is 1. The van der Waals surface area contributed by atoms with Crippen LogP contribution in [0.2, 0.25) is 0 Å². The third-order valence-electron chi connectivity index (χ3n) is 3.59. The third-order valence-corrected chi connectivity index (χ3v) is 3.59. The largest absolute Gasteiger partial charge is 0.486 e. The van der Waals surface area contributed by atoms with E-state index in [9.17, 15) is 4.79 Å². The van der Waals surface area contributed by atoms with Gasteiger partial charge < -0.3 is 14.5 Å². The minimum Gasteiger partial charge on any atom is -0.486 e. The van der Waals surface area contributed by atoms with Gasteiger partial charge in [-0.3, -0.25) is 4.79 Å². The van der Waals surface area contributed by atoms with Gasteiger partial charge in [0.25, 0.3) is 5.91 Å². The Kier molecular flexibility index (Phi) is 5.08. The van der Waals surface area contributed by atoms with Crippen molar-refractivity contribution in [1.82, 2.24) is 25.5 Å². The first-order valence-electron chi connectivity index (χ1n) is 7.97. The molecule has 0 unspecified atom stereocenters. The lowest BCUT2D eigenvalue weighted by Gasteiger charge is -2.08. The van der Waals surface area contributed by atoms with E-state index in [0.717, 1.165) is 5.76 Å². The number of aromatic nitrogens is 4. The fourth-order valence-electron chi connectivity index (χ4n) is 2.30. The number of hydrogen-bond acceptors (Lipinski definition) is 6. The minimum atomic E-state index is -0.196. The van der Waals surface area contributed by atoms with Crippen LogP contribution in [0.1, 0.15) is 34.6 Å². The number of amides is 1. The van der Waals surface area contributed by atoms with Crippen LogP contribution in [0.15, 0.2) is 40.8 Å². The van der Waals surface area contributed by atoms with E-state index in [4.69, 9.17) is 9.15 Å². The van der Waals surface area contributed by atoms with Gasteiger partial charge in [0, 0.05) is 12.1 Å². The van der Waals surface area contributed by atoms with Crippen LogP contribution < -0.4 is 10.1 Å². The van der Waals surface area contributed by atoms with Crippen LogP contribution in [0.25, 0.3) is 0 Å². The van der Waals surface area contributed by atoms with Gasteiger partial charge in [0.15, 0.2) is 5.82 Å². The summed E-state index contributed by atoms with van der Waals surface area (Å²) in [6.07, 6.45) is 0. The van der Waals surface area contributed by atoms with E-state index in [1.165, 1.54) is 0 Å². The first-order valence-corrected chi connectivity index (χ1v) is 7.97. The number of nitrogens with one attached hydrogen (secondary N) is 1. The van der Waals surface area contributed by atoms with E-state index < -0.39 is 0 Å². The molecule has 0 fully saturated rings. The number of hydrogen-bond donors (Lipinski definition) is 1. The predicted molar refractivity (Wildman–Crippen MR) is 88.9 cm³/mol. The molecule has 1 aromatic carbocycles. The van der Waals surface area contributed by atoms with E-state index in [2.05, 4.69) is 20.8 Å². The predicted octanol–water partition coefficient (Wildman–Crippen LogP) is 2.10. The summed E-state index contributed by atoms with van der Waals surface area (Å²) in [6.45, 7) is 5.05. The van der Waals surface area contributed by atoms with Crippen LogP contribution in [0.5, 0.6) is 5.75 Å². The Bertz CT molecular complexity index is 855. The molecule has 0 aliphatic carbocycles. The Morgan fingerprint density at radius 2 is 2.20 bits per heavy atom. The molecule has 0 aliphatic heterocycles. The smallest absolute Gasteiger partial charge is 0.251 e. The maximum Gasteiger partial charge on any atom is 0.251 e. The minimum absolute atomic E-state index is 0.196. The van der Waals surface area contributed by atoms with Crippen molar-refractivity contribution < 1.29 is 13.9 Å². The highest BCUT2D eigenvalue weighted by atomic mass is 16.5. The Balaban J connectivity index is 1.59. The number of furan rings is 1. The van der Waals surface area contributed by atoms with Crippen molar-refractivity contribution >= 4 is 5.91 Å². The molecule has 2 heterocycles. The molecular formula is C17H19N5O3. The molecule has 25 heavy (non-hydrogen) atoms. The number of tetrazole rings is 1. The number of ether oxygens (including phenoxy) is 1. The SMILES string of the molecule is CCn1nnnc1COc1cccc(C(=O)NCc2ccc(C)o2)c1. The molecule has 3 aromatic rings. The lowest BCUT2D eigenvalue weighted by Crippen LogP contribution is -2.22. The first kappa shape index (κ1) is 16.7. The Hall–Kier alpha value is -3.16. The molecule has 2 aromatic heterocycles. The summed E-state index contributed by atoms with van der Waals surface area (Å²) in [5.41, 5.74) is 0.510. The van der Waals surface area contributed by atoms with Crippen LogP contribution >= 0.6 is 0 Å². The van der Waals surface area contributed by atoms with E-state index in [-0.39, 0.29) is 12.5 Å². The summed E-state index contributed by atoms with van der Waals surface area (Å²) in [4.78, 5) is 12.3.